The quantitative estimate of drug-likeness (QED) is 0.688. The van der Waals surface area contributed by atoms with Crippen LogP contribution in [0.5, 0.6) is 5.75 Å². The van der Waals surface area contributed by atoms with Gasteiger partial charge in [-0.05, 0) is 48.0 Å². The molecule has 0 aliphatic rings. The number of halogens is 2. The van der Waals surface area contributed by atoms with Crippen LogP contribution in [-0.4, -0.2) is 19.2 Å². The molecule has 0 saturated heterocycles. The molecule has 0 spiro atoms. The highest BCUT2D eigenvalue weighted by atomic mass is 35.5. The first-order valence-electron chi connectivity index (χ1n) is 6.02. The number of carbonyl (C=O) groups is 1. The third-order valence-electron chi connectivity index (χ3n) is 2.67. The first-order chi connectivity index (χ1) is 10.1. The number of carbonyl (C=O) groups excluding carboxylic acids is 1. The number of nitrogens with one attached hydrogen (secondary N) is 1. The highest BCUT2D eigenvalue weighted by molar-refractivity contribution is 6.36. The molecule has 0 bridgehead atoms. The summed E-state index contributed by atoms with van der Waals surface area (Å²) in [5, 5.41) is 4.63. The van der Waals surface area contributed by atoms with Crippen LogP contribution in [0.15, 0.2) is 47.6 Å². The summed E-state index contributed by atoms with van der Waals surface area (Å²) in [5.74, 6) is 0.352. The first-order valence-corrected chi connectivity index (χ1v) is 6.78. The minimum atomic E-state index is -0.401. The molecule has 2 aromatic carbocycles. The van der Waals surface area contributed by atoms with Crippen LogP contribution in [0.2, 0.25) is 10.0 Å². The number of methoxy groups -OCH3 is 1. The lowest BCUT2D eigenvalue weighted by molar-refractivity contribution is 0.0955. The van der Waals surface area contributed by atoms with Gasteiger partial charge in [0.05, 0.1) is 23.9 Å². The van der Waals surface area contributed by atoms with E-state index in [1.807, 2.05) is 12.1 Å². The van der Waals surface area contributed by atoms with Gasteiger partial charge in [0.2, 0.25) is 0 Å². The number of amides is 1. The van der Waals surface area contributed by atoms with Gasteiger partial charge in [-0.3, -0.25) is 4.79 Å². The van der Waals surface area contributed by atoms with Gasteiger partial charge in [-0.1, -0.05) is 23.2 Å². The van der Waals surface area contributed by atoms with Crippen molar-refractivity contribution in [1.29, 1.82) is 0 Å². The molecule has 0 unspecified atom stereocenters. The zero-order valence-electron chi connectivity index (χ0n) is 11.1. The summed E-state index contributed by atoms with van der Waals surface area (Å²) >= 11 is 11.7. The van der Waals surface area contributed by atoms with E-state index < -0.39 is 5.91 Å². The molecule has 1 N–H and O–H groups in total. The zero-order chi connectivity index (χ0) is 15.2. The maximum atomic E-state index is 11.9. The van der Waals surface area contributed by atoms with Crippen LogP contribution in [0.4, 0.5) is 0 Å². The van der Waals surface area contributed by atoms with E-state index in [9.17, 15) is 4.79 Å². The van der Waals surface area contributed by atoms with E-state index in [1.54, 1.807) is 31.4 Å². The Kier molecular flexibility index (Phi) is 5.20. The maximum Gasteiger partial charge on any atom is 0.272 e. The Labute approximate surface area is 132 Å². The molecule has 4 nitrogen and oxygen atoms in total. The molecule has 1 amide bonds. The number of hydrogen-bond acceptors (Lipinski definition) is 3. The lowest BCUT2D eigenvalue weighted by atomic mass is 10.2. The highest BCUT2D eigenvalue weighted by Gasteiger charge is 2.09. The van der Waals surface area contributed by atoms with Crippen LogP contribution in [0.1, 0.15) is 15.9 Å². The van der Waals surface area contributed by atoms with Crippen LogP contribution >= 0.6 is 23.2 Å². The fraction of sp³-hybridized carbons (Fsp3) is 0.0667. The molecule has 6 heteroatoms. The van der Waals surface area contributed by atoms with Crippen LogP contribution in [0.3, 0.4) is 0 Å². The summed E-state index contributed by atoms with van der Waals surface area (Å²) < 4.78 is 5.05. The minimum absolute atomic E-state index is 0.277. The van der Waals surface area contributed by atoms with E-state index in [0.29, 0.717) is 10.6 Å². The number of hydrogen-bond donors (Lipinski definition) is 1. The minimum Gasteiger partial charge on any atom is -0.497 e. The molecule has 0 aliphatic heterocycles. The van der Waals surface area contributed by atoms with Crippen LogP contribution in [-0.2, 0) is 0 Å². The fourth-order valence-electron chi connectivity index (χ4n) is 1.59. The number of hydrazone groups is 1. The molecule has 0 fully saturated rings. The summed E-state index contributed by atoms with van der Waals surface area (Å²) in [5.41, 5.74) is 3.55. The number of rotatable bonds is 4. The Bertz CT molecular complexity index is 670. The Morgan fingerprint density at radius 1 is 1.19 bits per heavy atom. The van der Waals surface area contributed by atoms with Crippen LogP contribution in [0, 0.1) is 0 Å². The van der Waals surface area contributed by atoms with Crippen molar-refractivity contribution in [2.45, 2.75) is 0 Å². The zero-order valence-corrected chi connectivity index (χ0v) is 12.7. The third kappa shape index (κ3) is 4.21. The van der Waals surface area contributed by atoms with Gasteiger partial charge in [-0.25, -0.2) is 5.43 Å². The first kappa shape index (κ1) is 15.4. The second-order valence-electron chi connectivity index (χ2n) is 4.10. The average molecular weight is 323 g/mol. The van der Waals surface area contributed by atoms with E-state index in [2.05, 4.69) is 10.5 Å². The van der Waals surface area contributed by atoms with Gasteiger partial charge in [0, 0.05) is 5.02 Å². The summed E-state index contributed by atoms with van der Waals surface area (Å²) in [7, 11) is 1.60. The molecule has 0 radical (unpaired) electrons. The van der Waals surface area contributed by atoms with Crippen molar-refractivity contribution in [3.05, 3.63) is 63.6 Å². The maximum absolute atomic E-state index is 11.9. The van der Waals surface area contributed by atoms with Crippen molar-refractivity contribution in [2.24, 2.45) is 5.10 Å². The predicted molar refractivity (Wildman–Crippen MR) is 84.5 cm³/mol. The normalized spacial score (nSPS) is 10.6. The Morgan fingerprint density at radius 2 is 1.90 bits per heavy atom. The van der Waals surface area contributed by atoms with Crippen molar-refractivity contribution in [3.63, 3.8) is 0 Å². The molecule has 0 aliphatic carbocycles. The summed E-state index contributed by atoms with van der Waals surface area (Å²) in [6.07, 6.45) is 1.53. The number of benzene rings is 2. The summed E-state index contributed by atoms with van der Waals surface area (Å²) in [6, 6.07) is 11.9. The number of ether oxygens (including phenoxy) is 1. The molecular weight excluding hydrogens is 311 g/mol. The summed E-state index contributed by atoms with van der Waals surface area (Å²) in [6.45, 7) is 0. The Balaban J connectivity index is 2.01. The van der Waals surface area contributed by atoms with Crippen molar-refractivity contribution in [3.8, 4) is 5.75 Å². The lowest BCUT2D eigenvalue weighted by Crippen LogP contribution is -2.18. The predicted octanol–water partition coefficient (Wildman–Crippen LogP) is 3.77. The van der Waals surface area contributed by atoms with Crippen molar-refractivity contribution < 1.29 is 9.53 Å². The second kappa shape index (κ2) is 7.11. The molecule has 2 rings (SSSR count). The standard InChI is InChI=1S/C15H12Cl2N2O2/c1-21-12-5-2-10(3-6-12)9-18-19-15(20)13-7-4-11(16)8-14(13)17/h2-9H,1H3,(H,19,20)/b18-9+. The van der Waals surface area contributed by atoms with Crippen LogP contribution < -0.4 is 10.2 Å². The molecule has 21 heavy (non-hydrogen) atoms. The van der Waals surface area contributed by atoms with Gasteiger partial charge in [0.25, 0.3) is 5.91 Å². The third-order valence-corrected chi connectivity index (χ3v) is 3.22. The van der Waals surface area contributed by atoms with Gasteiger partial charge in [0.1, 0.15) is 5.75 Å². The van der Waals surface area contributed by atoms with E-state index in [-0.39, 0.29) is 5.02 Å². The molecular formula is C15H12Cl2N2O2. The van der Waals surface area contributed by atoms with E-state index in [1.165, 1.54) is 12.3 Å². The van der Waals surface area contributed by atoms with Crippen molar-refractivity contribution in [2.75, 3.05) is 7.11 Å². The van der Waals surface area contributed by atoms with Gasteiger partial charge in [0.15, 0.2) is 0 Å². The van der Waals surface area contributed by atoms with Gasteiger partial charge < -0.3 is 4.74 Å². The van der Waals surface area contributed by atoms with Gasteiger partial charge in [-0.15, -0.1) is 0 Å². The molecule has 0 aromatic heterocycles. The molecule has 0 heterocycles. The lowest BCUT2D eigenvalue weighted by Gasteiger charge is -2.03. The second-order valence-corrected chi connectivity index (χ2v) is 4.94. The van der Waals surface area contributed by atoms with Crippen molar-refractivity contribution >= 4 is 35.3 Å². The van der Waals surface area contributed by atoms with E-state index in [0.717, 1.165) is 11.3 Å². The Hall–Kier alpha value is -2.04. The fourth-order valence-corrected chi connectivity index (χ4v) is 2.08. The molecule has 0 saturated carbocycles. The highest BCUT2D eigenvalue weighted by Crippen LogP contribution is 2.20. The summed E-state index contributed by atoms with van der Waals surface area (Å²) in [4.78, 5) is 11.9. The van der Waals surface area contributed by atoms with Gasteiger partial charge in [-0.2, -0.15) is 5.10 Å². The molecule has 0 atom stereocenters. The Morgan fingerprint density at radius 3 is 2.52 bits per heavy atom. The molecule has 2 aromatic rings. The monoisotopic (exact) mass is 322 g/mol. The topological polar surface area (TPSA) is 50.7 Å². The molecule has 108 valence electrons. The van der Waals surface area contributed by atoms with Crippen molar-refractivity contribution in [1.82, 2.24) is 5.43 Å². The average Bonchev–Trinajstić information content (AvgIpc) is 2.47. The van der Waals surface area contributed by atoms with E-state index in [4.69, 9.17) is 27.9 Å². The SMILES string of the molecule is COc1ccc(/C=N/NC(=O)c2ccc(Cl)cc2Cl)cc1. The van der Waals surface area contributed by atoms with E-state index >= 15 is 0 Å². The largest absolute Gasteiger partial charge is 0.497 e. The van der Waals surface area contributed by atoms with Gasteiger partial charge >= 0.3 is 0 Å². The smallest absolute Gasteiger partial charge is 0.272 e. The van der Waals surface area contributed by atoms with Crippen LogP contribution in [0.25, 0.3) is 0 Å². The number of nitrogens with zero attached hydrogens (tertiary/aromatic N) is 1.